The van der Waals surface area contributed by atoms with Gasteiger partial charge in [-0.2, -0.15) is 8.42 Å². The SMILES string of the molecule is C=C(NOCCOS(C)(=O)=O)c1ccc(-c2ccccc2)cc1. The van der Waals surface area contributed by atoms with Gasteiger partial charge in [-0.25, -0.2) is 0 Å². The first kappa shape index (κ1) is 17.2. The van der Waals surface area contributed by atoms with Crippen LogP contribution in [0.4, 0.5) is 0 Å². The van der Waals surface area contributed by atoms with E-state index in [-0.39, 0.29) is 13.2 Å². The van der Waals surface area contributed by atoms with E-state index in [0.29, 0.717) is 5.70 Å². The zero-order valence-corrected chi connectivity index (χ0v) is 13.7. The fraction of sp³-hybridized carbons (Fsp3) is 0.176. The molecule has 23 heavy (non-hydrogen) atoms. The summed E-state index contributed by atoms with van der Waals surface area (Å²) in [5.41, 5.74) is 6.41. The van der Waals surface area contributed by atoms with Gasteiger partial charge in [0.1, 0.15) is 0 Å². The minimum atomic E-state index is -3.44. The molecule has 0 aliphatic heterocycles. The maximum absolute atomic E-state index is 10.8. The van der Waals surface area contributed by atoms with Gasteiger partial charge in [0.25, 0.3) is 10.1 Å². The van der Waals surface area contributed by atoms with Crippen LogP contribution in [-0.4, -0.2) is 27.9 Å². The van der Waals surface area contributed by atoms with Gasteiger partial charge in [-0.15, -0.1) is 0 Å². The third kappa shape index (κ3) is 5.86. The molecule has 0 aliphatic rings. The molecule has 0 heterocycles. The van der Waals surface area contributed by atoms with Crippen LogP contribution in [0.25, 0.3) is 16.8 Å². The lowest BCUT2D eigenvalue weighted by atomic mass is 10.0. The van der Waals surface area contributed by atoms with E-state index in [4.69, 9.17) is 4.84 Å². The quantitative estimate of drug-likeness (QED) is 0.457. The molecule has 2 aromatic rings. The van der Waals surface area contributed by atoms with Crippen LogP contribution in [0.3, 0.4) is 0 Å². The average Bonchev–Trinajstić information content (AvgIpc) is 2.54. The Labute approximate surface area is 136 Å². The zero-order chi connectivity index (χ0) is 16.7. The van der Waals surface area contributed by atoms with E-state index in [9.17, 15) is 8.42 Å². The topological polar surface area (TPSA) is 64.6 Å². The Morgan fingerprint density at radius 3 is 2.22 bits per heavy atom. The summed E-state index contributed by atoms with van der Waals surface area (Å²) in [6.45, 7) is 3.92. The fourth-order valence-corrected chi connectivity index (χ4v) is 2.29. The Morgan fingerprint density at radius 1 is 1.00 bits per heavy atom. The van der Waals surface area contributed by atoms with Crippen molar-refractivity contribution in [2.24, 2.45) is 0 Å². The van der Waals surface area contributed by atoms with Crippen LogP contribution in [0.1, 0.15) is 5.56 Å². The van der Waals surface area contributed by atoms with Crippen molar-refractivity contribution in [3.63, 3.8) is 0 Å². The fourth-order valence-electron chi connectivity index (χ4n) is 1.92. The molecule has 2 rings (SSSR count). The second-order valence-corrected chi connectivity index (χ2v) is 6.54. The predicted octanol–water partition coefficient (Wildman–Crippen LogP) is 2.82. The maximum atomic E-state index is 10.8. The summed E-state index contributed by atoms with van der Waals surface area (Å²) in [5.74, 6) is 0. The van der Waals surface area contributed by atoms with Crippen molar-refractivity contribution >= 4 is 15.8 Å². The summed E-state index contributed by atoms with van der Waals surface area (Å²) in [6.07, 6.45) is 0.994. The van der Waals surface area contributed by atoms with Gasteiger partial charge in [-0.1, -0.05) is 61.2 Å². The van der Waals surface area contributed by atoms with Crippen LogP contribution >= 0.6 is 0 Å². The van der Waals surface area contributed by atoms with Crippen molar-refractivity contribution in [2.75, 3.05) is 19.5 Å². The van der Waals surface area contributed by atoms with Gasteiger partial charge in [0, 0.05) is 0 Å². The second-order valence-electron chi connectivity index (χ2n) is 4.90. The highest BCUT2D eigenvalue weighted by Crippen LogP contribution is 2.20. The molecule has 0 bridgehead atoms. The summed E-state index contributed by atoms with van der Waals surface area (Å²) in [7, 11) is -3.44. The monoisotopic (exact) mass is 333 g/mol. The van der Waals surface area contributed by atoms with Gasteiger partial charge in [0.2, 0.25) is 0 Å². The maximum Gasteiger partial charge on any atom is 0.264 e. The molecule has 0 saturated heterocycles. The number of rotatable bonds is 8. The predicted molar refractivity (Wildman–Crippen MR) is 90.8 cm³/mol. The number of hydrogen-bond donors (Lipinski definition) is 1. The molecule has 0 fully saturated rings. The van der Waals surface area contributed by atoms with Gasteiger partial charge >= 0.3 is 0 Å². The molecule has 0 aliphatic carbocycles. The Bertz CT molecular complexity index is 740. The highest BCUT2D eigenvalue weighted by molar-refractivity contribution is 7.85. The summed E-state index contributed by atoms with van der Waals surface area (Å²) < 4.78 is 26.1. The third-order valence-corrected chi connectivity index (χ3v) is 3.61. The number of hydrogen-bond acceptors (Lipinski definition) is 5. The highest BCUT2D eigenvalue weighted by Gasteiger charge is 2.03. The van der Waals surface area contributed by atoms with Crippen LogP contribution in [0.2, 0.25) is 0 Å². The molecular weight excluding hydrogens is 314 g/mol. The Kier molecular flexibility index (Phi) is 5.92. The molecule has 5 nitrogen and oxygen atoms in total. The van der Waals surface area contributed by atoms with Crippen molar-refractivity contribution in [2.45, 2.75) is 0 Å². The first-order valence-electron chi connectivity index (χ1n) is 7.03. The lowest BCUT2D eigenvalue weighted by Gasteiger charge is -2.10. The summed E-state index contributed by atoms with van der Waals surface area (Å²) >= 11 is 0. The van der Waals surface area contributed by atoms with Gasteiger partial charge < -0.3 is 0 Å². The molecule has 1 N–H and O–H groups in total. The third-order valence-electron chi connectivity index (χ3n) is 3.02. The Balaban J connectivity index is 1.84. The Morgan fingerprint density at radius 2 is 1.61 bits per heavy atom. The highest BCUT2D eigenvalue weighted by atomic mass is 32.2. The molecule has 0 spiro atoms. The van der Waals surface area contributed by atoms with Crippen molar-refractivity contribution in [1.29, 1.82) is 0 Å². The van der Waals surface area contributed by atoms with Crippen LogP contribution in [0.5, 0.6) is 0 Å². The van der Waals surface area contributed by atoms with E-state index in [2.05, 4.69) is 16.2 Å². The van der Waals surface area contributed by atoms with Crippen LogP contribution in [0.15, 0.2) is 61.2 Å². The van der Waals surface area contributed by atoms with Gasteiger partial charge in [-0.3, -0.25) is 14.5 Å². The first-order valence-corrected chi connectivity index (χ1v) is 8.84. The van der Waals surface area contributed by atoms with Crippen molar-refractivity contribution in [1.82, 2.24) is 5.48 Å². The lowest BCUT2D eigenvalue weighted by molar-refractivity contribution is 0.0558. The van der Waals surface area contributed by atoms with E-state index in [0.717, 1.165) is 22.9 Å². The van der Waals surface area contributed by atoms with E-state index >= 15 is 0 Å². The molecule has 6 heteroatoms. The summed E-state index contributed by atoms with van der Waals surface area (Å²) in [4.78, 5) is 5.12. The molecule has 122 valence electrons. The molecular formula is C17H19NO4S. The van der Waals surface area contributed by atoms with Crippen LogP contribution in [0, 0.1) is 0 Å². The van der Waals surface area contributed by atoms with E-state index < -0.39 is 10.1 Å². The average molecular weight is 333 g/mol. The molecule has 0 amide bonds. The number of nitrogens with one attached hydrogen (secondary N) is 1. The number of hydroxylamine groups is 1. The molecule has 2 aromatic carbocycles. The first-order chi connectivity index (χ1) is 11.0. The van der Waals surface area contributed by atoms with Gasteiger partial charge in [0.15, 0.2) is 0 Å². The smallest absolute Gasteiger partial charge is 0.264 e. The molecule has 0 radical (unpaired) electrons. The summed E-state index contributed by atoms with van der Waals surface area (Å²) in [6, 6.07) is 18.0. The zero-order valence-electron chi connectivity index (χ0n) is 12.9. The van der Waals surface area contributed by atoms with E-state index in [1.165, 1.54) is 0 Å². The minimum Gasteiger partial charge on any atom is -0.274 e. The van der Waals surface area contributed by atoms with E-state index in [1.807, 2.05) is 54.6 Å². The van der Waals surface area contributed by atoms with Crippen molar-refractivity contribution in [3.05, 3.63) is 66.7 Å². The van der Waals surface area contributed by atoms with Gasteiger partial charge in [-0.05, 0) is 16.7 Å². The van der Waals surface area contributed by atoms with Crippen molar-refractivity contribution in [3.8, 4) is 11.1 Å². The molecule has 0 saturated carbocycles. The van der Waals surface area contributed by atoms with Crippen LogP contribution < -0.4 is 5.48 Å². The normalized spacial score (nSPS) is 11.2. The minimum absolute atomic E-state index is 0.0495. The number of benzene rings is 2. The molecule has 0 aromatic heterocycles. The Hall–Kier alpha value is -2.15. The second kappa shape index (κ2) is 7.92. The summed E-state index contributed by atoms with van der Waals surface area (Å²) in [5, 5.41) is 0. The largest absolute Gasteiger partial charge is 0.274 e. The molecule has 0 unspecified atom stereocenters. The van der Waals surface area contributed by atoms with Crippen LogP contribution in [-0.2, 0) is 19.1 Å². The van der Waals surface area contributed by atoms with E-state index in [1.54, 1.807) is 0 Å². The lowest BCUT2D eigenvalue weighted by Crippen LogP contribution is -2.17. The molecule has 0 atom stereocenters. The van der Waals surface area contributed by atoms with Gasteiger partial charge in [0.05, 0.1) is 25.2 Å². The van der Waals surface area contributed by atoms with Crippen molar-refractivity contribution < 1.29 is 17.4 Å². The standard InChI is InChI=1S/C17H19NO4S/c1-14(18-21-12-13-22-23(2,19)20)15-8-10-17(11-9-15)16-6-4-3-5-7-16/h3-11,18H,1,12-13H2,2H3.